The summed E-state index contributed by atoms with van der Waals surface area (Å²) < 4.78 is 27.9. The number of aryl methyl sites for hydroxylation is 2. The third kappa shape index (κ3) is 5.16. The molecule has 0 aliphatic carbocycles. The van der Waals surface area contributed by atoms with E-state index in [0.717, 1.165) is 33.5 Å². The molecule has 0 radical (unpaired) electrons. The molecular weight excluding hydrogens is 412 g/mol. The van der Waals surface area contributed by atoms with Crippen LogP contribution in [-0.4, -0.2) is 27.1 Å². The number of sulfonamides is 1. The number of hydrogen-bond donors (Lipinski definition) is 2. The Morgan fingerprint density at radius 1 is 1.03 bits per heavy atom. The van der Waals surface area contributed by atoms with Gasteiger partial charge in [-0.1, -0.05) is 24.3 Å². The van der Waals surface area contributed by atoms with Crippen molar-refractivity contribution in [1.82, 2.24) is 4.57 Å². The molecule has 0 bridgehead atoms. The van der Waals surface area contributed by atoms with Gasteiger partial charge < -0.3 is 14.8 Å². The predicted molar refractivity (Wildman–Crippen MR) is 129 cm³/mol. The molecule has 0 aliphatic rings. The summed E-state index contributed by atoms with van der Waals surface area (Å²) in [5, 5.41) is 4.25. The minimum absolute atomic E-state index is 0.120. The standard InChI is InChI=1S/C23H26N4O3S/c1-6-31(29,30)25-19-11-12-21(24-18-9-7-16(2)8-10-18)20(14-19)17-13-22(26(3)4)23(28)27(5)15-17/h6-15,24-25H,1H2,2-5H3. The minimum atomic E-state index is -3.65. The quantitative estimate of drug-likeness (QED) is 0.581. The summed E-state index contributed by atoms with van der Waals surface area (Å²) in [5.41, 5.74) is 5.11. The average molecular weight is 439 g/mol. The van der Waals surface area contributed by atoms with Crippen LogP contribution in [0.4, 0.5) is 22.7 Å². The largest absolute Gasteiger partial charge is 0.373 e. The van der Waals surface area contributed by atoms with Gasteiger partial charge in [0.1, 0.15) is 5.69 Å². The number of anilines is 4. The molecule has 0 atom stereocenters. The van der Waals surface area contributed by atoms with Crippen molar-refractivity contribution in [2.24, 2.45) is 7.05 Å². The summed E-state index contributed by atoms with van der Waals surface area (Å²) in [4.78, 5) is 14.3. The molecule has 2 aromatic carbocycles. The molecule has 2 N–H and O–H groups in total. The Morgan fingerprint density at radius 3 is 2.29 bits per heavy atom. The van der Waals surface area contributed by atoms with E-state index in [1.54, 1.807) is 56.5 Å². The van der Waals surface area contributed by atoms with E-state index in [1.165, 1.54) is 4.57 Å². The molecule has 3 aromatic rings. The van der Waals surface area contributed by atoms with Gasteiger partial charge in [-0.2, -0.15) is 0 Å². The monoisotopic (exact) mass is 438 g/mol. The Hall–Kier alpha value is -3.52. The average Bonchev–Trinajstić information content (AvgIpc) is 2.72. The second-order valence-electron chi connectivity index (χ2n) is 7.49. The highest BCUT2D eigenvalue weighted by Gasteiger charge is 2.14. The molecule has 0 aliphatic heterocycles. The van der Waals surface area contributed by atoms with E-state index in [9.17, 15) is 13.2 Å². The highest BCUT2D eigenvalue weighted by molar-refractivity contribution is 7.95. The molecule has 31 heavy (non-hydrogen) atoms. The first-order valence-electron chi connectivity index (χ1n) is 9.61. The number of aromatic nitrogens is 1. The van der Waals surface area contributed by atoms with Crippen LogP contribution in [0.5, 0.6) is 0 Å². The topological polar surface area (TPSA) is 83.4 Å². The van der Waals surface area contributed by atoms with Crippen LogP contribution in [0.2, 0.25) is 0 Å². The fourth-order valence-electron chi connectivity index (χ4n) is 3.12. The molecule has 1 heterocycles. The molecule has 1 aromatic heterocycles. The van der Waals surface area contributed by atoms with Crippen LogP contribution in [0.25, 0.3) is 11.1 Å². The number of rotatable bonds is 7. The van der Waals surface area contributed by atoms with Crippen molar-refractivity contribution in [1.29, 1.82) is 0 Å². The number of nitrogens with one attached hydrogen (secondary N) is 2. The molecule has 0 saturated carbocycles. The van der Waals surface area contributed by atoms with Gasteiger partial charge in [0.25, 0.3) is 15.6 Å². The number of pyridine rings is 1. The Bertz CT molecular complexity index is 1280. The Kier molecular flexibility index (Phi) is 6.21. The van der Waals surface area contributed by atoms with E-state index in [-0.39, 0.29) is 5.56 Å². The van der Waals surface area contributed by atoms with Crippen molar-refractivity contribution < 1.29 is 8.42 Å². The summed E-state index contributed by atoms with van der Waals surface area (Å²) in [6, 6.07) is 15.0. The van der Waals surface area contributed by atoms with Crippen LogP contribution in [0.1, 0.15) is 5.56 Å². The van der Waals surface area contributed by atoms with Gasteiger partial charge in [0.05, 0.1) is 0 Å². The van der Waals surface area contributed by atoms with E-state index >= 15 is 0 Å². The van der Waals surface area contributed by atoms with Crippen LogP contribution in [0.3, 0.4) is 0 Å². The van der Waals surface area contributed by atoms with Gasteiger partial charge >= 0.3 is 0 Å². The van der Waals surface area contributed by atoms with E-state index in [0.29, 0.717) is 11.4 Å². The van der Waals surface area contributed by atoms with Gasteiger partial charge in [-0.25, -0.2) is 8.42 Å². The molecule has 0 saturated heterocycles. The first kappa shape index (κ1) is 22.2. The van der Waals surface area contributed by atoms with E-state index in [1.807, 2.05) is 31.2 Å². The normalized spacial score (nSPS) is 11.1. The Morgan fingerprint density at radius 2 is 1.68 bits per heavy atom. The van der Waals surface area contributed by atoms with Crippen molar-refractivity contribution in [2.75, 3.05) is 29.0 Å². The number of nitrogens with zero attached hydrogens (tertiary/aromatic N) is 2. The summed E-state index contributed by atoms with van der Waals surface area (Å²) in [7, 11) is 1.65. The van der Waals surface area contributed by atoms with Gasteiger partial charge in [-0.15, -0.1) is 0 Å². The highest BCUT2D eigenvalue weighted by Crippen LogP contribution is 2.34. The lowest BCUT2D eigenvalue weighted by Crippen LogP contribution is -2.25. The van der Waals surface area contributed by atoms with Crippen molar-refractivity contribution in [3.63, 3.8) is 0 Å². The molecule has 0 amide bonds. The number of benzene rings is 2. The summed E-state index contributed by atoms with van der Waals surface area (Å²) in [6.07, 6.45) is 1.73. The molecule has 0 fully saturated rings. The smallest absolute Gasteiger partial charge is 0.273 e. The lowest BCUT2D eigenvalue weighted by Gasteiger charge is -2.18. The lowest BCUT2D eigenvalue weighted by atomic mass is 10.0. The van der Waals surface area contributed by atoms with Crippen molar-refractivity contribution in [3.8, 4) is 11.1 Å². The van der Waals surface area contributed by atoms with Gasteiger partial charge in [-0.05, 0) is 43.3 Å². The summed E-state index contributed by atoms with van der Waals surface area (Å²) in [5.74, 6) is 0. The second kappa shape index (κ2) is 8.69. The molecule has 0 unspecified atom stereocenters. The van der Waals surface area contributed by atoms with Crippen LogP contribution < -0.4 is 20.5 Å². The molecule has 7 nitrogen and oxygen atoms in total. The van der Waals surface area contributed by atoms with Gasteiger partial charge in [0.15, 0.2) is 0 Å². The van der Waals surface area contributed by atoms with Crippen LogP contribution in [-0.2, 0) is 17.1 Å². The third-order valence-corrected chi connectivity index (χ3v) is 5.75. The molecule has 0 spiro atoms. The maximum absolute atomic E-state index is 12.5. The van der Waals surface area contributed by atoms with E-state index < -0.39 is 10.0 Å². The van der Waals surface area contributed by atoms with E-state index in [4.69, 9.17) is 0 Å². The van der Waals surface area contributed by atoms with Crippen LogP contribution in [0, 0.1) is 6.92 Å². The molecule has 3 rings (SSSR count). The zero-order valence-corrected chi connectivity index (χ0v) is 18.8. The lowest BCUT2D eigenvalue weighted by molar-refractivity contribution is 0.609. The fraction of sp³-hybridized carbons (Fsp3) is 0.174. The predicted octanol–water partition coefficient (Wildman–Crippen LogP) is 4.06. The van der Waals surface area contributed by atoms with Gasteiger partial charge in [0.2, 0.25) is 0 Å². The first-order chi connectivity index (χ1) is 14.6. The maximum atomic E-state index is 12.5. The van der Waals surface area contributed by atoms with Gasteiger partial charge in [-0.3, -0.25) is 9.52 Å². The first-order valence-corrected chi connectivity index (χ1v) is 11.2. The highest BCUT2D eigenvalue weighted by atomic mass is 32.2. The minimum Gasteiger partial charge on any atom is -0.373 e. The second-order valence-corrected chi connectivity index (χ2v) is 9.12. The maximum Gasteiger partial charge on any atom is 0.273 e. The van der Waals surface area contributed by atoms with Crippen molar-refractivity contribution in [3.05, 3.63) is 82.6 Å². The van der Waals surface area contributed by atoms with Crippen LogP contribution in [0.15, 0.2) is 71.5 Å². The number of hydrogen-bond acceptors (Lipinski definition) is 5. The van der Waals surface area contributed by atoms with Crippen molar-refractivity contribution >= 4 is 32.8 Å². The molecule has 8 heteroatoms. The van der Waals surface area contributed by atoms with Crippen molar-refractivity contribution in [2.45, 2.75) is 6.92 Å². The summed E-state index contributed by atoms with van der Waals surface area (Å²) in [6.45, 7) is 5.35. The Labute approximate surface area is 182 Å². The van der Waals surface area contributed by atoms with Gasteiger partial charge in [0, 0.05) is 60.9 Å². The SMILES string of the molecule is C=CS(=O)(=O)Nc1ccc(Nc2ccc(C)cc2)c(-c2cc(N(C)C)c(=O)n(C)c2)c1. The van der Waals surface area contributed by atoms with E-state index in [2.05, 4.69) is 16.6 Å². The Balaban J connectivity index is 2.17. The molecular formula is C23H26N4O3S. The zero-order valence-electron chi connectivity index (χ0n) is 18.0. The fourth-order valence-corrected chi connectivity index (χ4v) is 3.65. The van der Waals surface area contributed by atoms with Crippen LogP contribution >= 0.6 is 0 Å². The third-order valence-electron chi connectivity index (χ3n) is 4.79. The zero-order chi connectivity index (χ0) is 22.8. The molecule has 162 valence electrons. The summed E-state index contributed by atoms with van der Waals surface area (Å²) >= 11 is 0.